The van der Waals surface area contributed by atoms with E-state index in [-0.39, 0.29) is 24.0 Å². The number of ether oxygens (including phenoxy) is 2. The van der Waals surface area contributed by atoms with Crippen molar-refractivity contribution < 1.29 is 9.47 Å². The number of para-hydroxylation sites is 1. The molecule has 1 aliphatic rings. The zero-order valence-electron chi connectivity index (χ0n) is 15.6. The lowest BCUT2D eigenvalue weighted by Gasteiger charge is -2.34. The van der Waals surface area contributed by atoms with Crippen LogP contribution in [-0.4, -0.2) is 55.7 Å². The van der Waals surface area contributed by atoms with E-state index >= 15 is 0 Å². The van der Waals surface area contributed by atoms with Gasteiger partial charge < -0.3 is 19.7 Å². The molecule has 0 aromatic heterocycles. The lowest BCUT2D eigenvalue weighted by Crippen LogP contribution is -2.48. The molecular formula is C18H30IN3O2S. The van der Waals surface area contributed by atoms with Crippen molar-refractivity contribution in [3.63, 3.8) is 0 Å². The normalized spacial score (nSPS) is 17.7. The fraction of sp³-hybridized carbons (Fsp3) is 0.611. The molecule has 5 nitrogen and oxygen atoms in total. The summed E-state index contributed by atoms with van der Waals surface area (Å²) in [4.78, 5) is 7.22. The van der Waals surface area contributed by atoms with Crippen molar-refractivity contribution in [1.82, 2.24) is 10.2 Å². The fourth-order valence-electron chi connectivity index (χ4n) is 2.82. The van der Waals surface area contributed by atoms with Crippen LogP contribution < -0.4 is 14.8 Å². The molecule has 25 heavy (non-hydrogen) atoms. The standard InChI is InChI=1S/C18H29N3O2S.HI/c1-5-15-13-21(10-11-24-15)18(19-6-2)20-12-14-8-7-9-16(22-3)17(14)23-4;/h7-9,15H,5-6,10-13H2,1-4H3,(H,19,20);1H. The van der Waals surface area contributed by atoms with Crippen molar-refractivity contribution >= 4 is 41.7 Å². The number of nitrogens with zero attached hydrogens (tertiary/aromatic N) is 2. The highest BCUT2D eigenvalue weighted by molar-refractivity contribution is 14.0. The van der Waals surface area contributed by atoms with Crippen LogP contribution in [0.1, 0.15) is 25.8 Å². The van der Waals surface area contributed by atoms with Crippen LogP contribution in [0.5, 0.6) is 11.5 Å². The molecule has 1 unspecified atom stereocenters. The number of halogens is 1. The van der Waals surface area contributed by atoms with E-state index in [2.05, 4.69) is 35.8 Å². The van der Waals surface area contributed by atoms with Crippen LogP contribution in [0.25, 0.3) is 0 Å². The molecule has 7 heteroatoms. The Morgan fingerprint density at radius 3 is 2.76 bits per heavy atom. The minimum Gasteiger partial charge on any atom is -0.493 e. The number of aliphatic imine (C=N–C) groups is 1. The Morgan fingerprint density at radius 2 is 2.12 bits per heavy atom. The molecule has 1 fully saturated rings. The number of benzene rings is 1. The highest BCUT2D eigenvalue weighted by Gasteiger charge is 2.21. The SMILES string of the molecule is CCNC(=NCc1cccc(OC)c1OC)N1CCSC(CC)C1.I. The number of rotatable bonds is 6. The van der Waals surface area contributed by atoms with Gasteiger partial charge in [-0.15, -0.1) is 24.0 Å². The molecule has 0 amide bonds. The maximum Gasteiger partial charge on any atom is 0.194 e. The van der Waals surface area contributed by atoms with Gasteiger partial charge in [-0.05, 0) is 19.4 Å². The van der Waals surface area contributed by atoms with Crippen molar-refractivity contribution in [2.75, 3.05) is 39.6 Å². The molecule has 1 heterocycles. The summed E-state index contributed by atoms with van der Waals surface area (Å²) >= 11 is 2.07. The van der Waals surface area contributed by atoms with E-state index < -0.39 is 0 Å². The third kappa shape index (κ3) is 6.13. The van der Waals surface area contributed by atoms with Gasteiger partial charge in [0, 0.05) is 36.2 Å². The molecule has 1 saturated heterocycles. The van der Waals surface area contributed by atoms with Gasteiger partial charge in [-0.1, -0.05) is 19.1 Å². The minimum absolute atomic E-state index is 0. The van der Waals surface area contributed by atoms with E-state index in [0.29, 0.717) is 11.8 Å². The quantitative estimate of drug-likeness (QED) is 0.384. The van der Waals surface area contributed by atoms with Crippen molar-refractivity contribution in [3.8, 4) is 11.5 Å². The van der Waals surface area contributed by atoms with Crippen molar-refractivity contribution in [3.05, 3.63) is 23.8 Å². The molecule has 0 radical (unpaired) electrons. The Morgan fingerprint density at radius 1 is 1.32 bits per heavy atom. The monoisotopic (exact) mass is 479 g/mol. The van der Waals surface area contributed by atoms with Gasteiger partial charge >= 0.3 is 0 Å². The first-order chi connectivity index (χ1) is 11.7. The van der Waals surface area contributed by atoms with Crippen LogP contribution in [0.15, 0.2) is 23.2 Å². The fourth-order valence-corrected chi connectivity index (χ4v) is 4.00. The molecular weight excluding hydrogens is 449 g/mol. The third-order valence-corrected chi connectivity index (χ3v) is 5.48. The van der Waals surface area contributed by atoms with Gasteiger partial charge in [0.25, 0.3) is 0 Å². The summed E-state index contributed by atoms with van der Waals surface area (Å²) in [5.74, 6) is 3.66. The first-order valence-corrected chi connectivity index (χ1v) is 9.63. The highest BCUT2D eigenvalue weighted by Crippen LogP contribution is 2.31. The minimum atomic E-state index is 0. The summed E-state index contributed by atoms with van der Waals surface area (Å²) in [5.41, 5.74) is 1.03. The Balaban J connectivity index is 0.00000312. The van der Waals surface area contributed by atoms with Crippen LogP contribution in [0.2, 0.25) is 0 Å². The highest BCUT2D eigenvalue weighted by atomic mass is 127. The van der Waals surface area contributed by atoms with Crippen LogP contribution in [0.4, 0.5) is 0 Å². The molecule has 1 aromatic rings. The first kappa shape index (κ1) is 22.2. The van der Waals surface area contributed by atoms with Crippen LogP contribution in [0, 0.1) is 0 Å². The number of thioether (sulfide) groups is 1. The molecule has 0 saturated carbocycles. The van der Waals surface area contributed by atoms with E-state index in [0.717, 1.165) is 48.4 Å². The average Bonchev–Trinajstić information content (AvgIpc) is 2.64. The van der Waals surface area contributed by atoms with Crippen LogP contribution >= 0.6 is 35.7 Å². The summed E-state index contributed by atoms with van der Waals surface area (Å²) < 4.78 is 10.9. The van der Waals surface area contributed by atoms with Crippen LogP contribution in [0.3, 0.4) is 0 Å². The molecule has 0 bridgehead atoms. The molecule has 1 N–H and O–H groups in total. The Hall–Kier alpha value is -0.830. The number of hydrogen-bond acceptors (Lipinski definition) is 4. The van der Waals surface area contributed by atoms with Gasteiger partial charge in [0.1, 0.15) is 0 Å². The zero-order chi connectivity index (χ0) is 17.4. The molecule has 1 atom stereocenters. The molecule has 0 aliphatic carbocycles. The smallest absolute Gasteiger partial charge is 0.194 e. The second-order valence-electron chi connectivity index (χ2n) is 5.67. The van der Waals surface area contributed by atoms with E-state index in [1.54, 1.807) is 14.2 Å². The second-order valence-corrected chi connectivity index (χ2v) is 7.08. The average molecular weight is 479 g/mol. The number of hydrogen-bond donors (Lipinski definition) is 1. The first-order valence-electron chi connectivity index (χ1n) is 8.58. The summed E-state index contributed by atoms with van der Waals surface area (Å²) in [6.45, 7) is 7.91. The topological polar surface area (TPSA) is 46.1 Å². The van der Waals surface area contributed by atoms with Gasteiger partial charge in [0.2, 0.25) is 0 Å². The second kappa shape index (κ2) is 11.7. The van der Waals surface area contributed by atoms with E-state index in [1.165, 1.54) is 6.42 Å². The molecule has 1 aromatic carbocycles. The largest absolute Gasteiger partial charge is 0.493 e. The number of methoxy groups -OCH3 is 2. The Bertz CT molecular complexity index is 557. The zero-order valence-corrected chi connectivity index (χ0v) is 18.7. The van der Waals surface area contributed by atoms with E-state index in [4.69, 9.17) is 14.5 Å². The molecule has 0 spiro atoms. The molecule has 2 rings (SSSR count). The summed E-state index contributed by atoms with van der Waals surface area (Å²) in [7, 11) is 3.33. The van der Waals surface area contributed by atoms with Gasteiger partial charge in [-0.25, -0.2) is 4.99 Å². The summed E-state index contributed by atoms with van der Waals surface area (Å²) in [5, 5.41) is 4.12. The van der Waals surface area contributed by atoms with Gasteiger partial charge in [0.15, 0.2) is 17.5 Å². The predicted molar refractivity (Wildman–Crippen MR) is 118 cm³/mol. The van der Waals surface area contributed by atoms with Gasteiger partial charge in [0.05, 0.1) is 20.8 Å². The predicted octanol–water partition coefficient (Wildman–Crippen LogP) is 3.61. The Labute approximate surface area is 173 Å². The number of guanidine groups is 1. The lowest BCUT2D eigenvalue weighted by molar-refractivity contribution is 0.351. The van der Waals surface area contributed by atoms with Crippen molar-refractivity contribution in [2.24, 2.45) is 4.99 Å². The van der Waals surface area contributed by atoms with E-state index in [9.17, 15) is 0 Å². The summed E-state index contributed by atoms with van der Waals surface area (Å²) in [6.07, 6.45) is 1.20. The third-order valence-electron chi connectivity index (χ3n) is 4.11. The Kier molecular flexibility index (Phi) is 10.4. The van der Waals surface area contributed by atoms with Crippen molar-refractivity contribution in [1.29, 1.82) is 0 Å². The maximum absolute atomic E-state index is 5.51. The van der Waals surface area contributed by atoms with Gasteiger partial charge in [-0.2, -0.15) is 11.8 Å². The van der Waals surface area contributed by atoms with Gasteiger partial charge in [-0.3, -0.25) is 0 Å². The van der Waals surface area contributed by atoms with Crippen molar-refractivity contribution in [2.45, 2.75) is 32.1 Å². The number of nitrogens with one attached hydrogen (secondary N) is 1. The van der Waals surface area contributed by atoms with Crippen LogP contribution in [-0.2, 0) is 6.54 Å². The molecule has 1 aliphatic heterocycles. The summed E-state index contributed by atoms with van der Waals surface area (Å²) in [6, 6.07) is 5.92. The van der Waals surface area contributed by atoms with E-state index in [1.807, 2.05) is 18.2 Å². The maximum atomic E-state index is 5.51. The lowest BCUT2D eigenvalue weighted by atomic mass is 10.2. The molecule has 142 valence electrons.